The van der Waals surface area contributed by atoms with Gasteiger partial charge in [-0.3, -0.25) is 0 Å². The molecule has 0 amide bonds. The van der Waals surface area contributed by atoms with Gasteiger partial charge in [0.15, 0.2) is 5.82 Å². The molecule has 1 N–H and O–H groups in total. The summed E-state index contributed by atoms with van der Waals surface area (Å²) in [5, 5.41) is 2.70. The molecule has 1 fully saturated rings. The molecular weight excluding hydrogens is 224 g/mol. The van der Waals surface area contributed by atoms with Crippen molar-refractivity contribution in [3.8, 4) is 5.75 Å². The molecule has 0 atom stereocenters. The number of anilines is 1. The largest absolute Gasteiger partial charge is 0.491 e. The molecule has 17 heavy (non-hydrogen) atoms. The standard InChI is InChI=1S/C13H17F2NO/c1-16-13-11(15)6-10(14)7-12(13)17-8-9-4-2-3-5-9/h6-7,9,16H,2-5,8H2,1H3. The van der Waals surface area contributed by atoms with Crippen LogP contribution in [0.3, 0.4) is 0 Å². The van der Waals surface area contributed by atoms with Crippen LogP contribution >= 0.6 is 0 Å². The van der Waals surface area contributed by atoms with Crippen LogP contribution in [0.1, 0.15) is 25.7 Å². The van der Waals surface area contributed by atoms with Crippen molar-refractivity contribution in [1.82, 2.24) is 0 Å². The van der Waals surface area contributed by atoms with Crippen LogP contribution in [-0.4, -0.2) is 13.7 Å². The molecule has 1 saturated carbocycles. The lowest BCUT2D eigenvalue weighted by Gasteiger charge is -2.15. The molecule has 0 aliphatic heterocycles. The maximum Gasteiger partial charge on any atom is 0.153 e. The first-order valence-electron chi connectivity index (χ1n) is 6.00. The third kappa shape index (κ3) is 2.87. The molecule has 1 aromatic carbocycles. The van der Waals surface area contributed by atoms with Crippen LogP contribution in [0, 0.1) is 17.6 Å². The number of benzene rings is 1. The van der Waals surface area contributed by atoms with Crippen molar-refractivity contribution in [3.05, 3.63) is 23.8 Å². The molecule has 0 bridgehead atoms. The molecule has 0 aromatic heterocycles. The number of halogens is 2. The van der Waals surface area contributed by atoms with Crippen LogP contribution in [-0.2, 0) is 0 Å². The van der Waals surface area contributed by atoms with Crippen LogP contribution in [0.2, 0.25) is 0 Å². The van der Waals surface area contributed by atoms with Crippen LogP contribution < -0.4 is 10.1 Å². The Kier molecular flexibility index (Phi) is 3.82. The van der Waals surface area contributed by atoms with Crippen molar-refractivity contribution in [2.75, 3.05) is 19.0 Å². The predicted molar refractivity (Wildman–Crippen MR) is 63.4 cm³/mol. The molecule has 0 saturated heterocycles. The zero-order valence-corrected chi connectivity index (χ0v) is 9.93. The Morgan fingerprint density at radius 2 is 2.00 bits per heavy atom. The van der Waals surface area contributed by atoms with Gasteiger partial charge in [0.2, 0.25) is 0 Å². The molecule has 1 aliphatic carbocycles. The third-order valence-electron chi connectivity index (χ3n) is 3.22. The van der Waals surface area contributed by atoms with Crippen molar-refractivity contribution in [2.45, 2.75) is 25.7 Å². The topological polar surface area (TPSA) is 21.3 Å². The highest BCUT2D eigenvalue weighted by molar-refractivity contribution is 5.57. The van der Waals surface area contributed by atoms with Crippen LogP contribution in [0.25, 0.3) is 0 Å². The van der Waals surface area contributed by atoms with E-state index < -0.39 is 11.6 Å². The molecular formula is C13H17F2NO. The van der Waals surface area contributed by atoms with Crippen LogP contribution in [0.15, 0.2) is 12.1 Å². The van der Waals surface area contributed by atoms with E-state index in [0.717, 1.165) is 18.9 Å². The summed E-state index contributed by atoms with van der Waals surface area (Å²) in [6.45, 7) is 0.539. The van der Waals surface area contributed by atoms with E-state index in [4.69, 9.17) is 4.74 Å². The van der Waals surface area contributed by atoms with Crippen molar-refractivity contribution in [3.63, 3.8) is 0 Å². The second-order valence-electron chi connectivity index (χ2n) is 4.47. The quantitative estimate of drug-likeness (QED) is 0.870. The van der Waals surface area contributed by atoms with E-state index in [1.807, 2.05) is 0 Å². The first-order valence-corrected chi connectivity index (χ1v) is 6.00. The zero-order valence-electron chi connectivity index (χ0n) is 9.93. The van der Waals surface area contributed by atoms with Gasteiger partial charge in [0.1, 0.15) is 17.3 Å². The molecule has 0 unspecified atom stereocenters. The SMILES string of the molecule is CNc1c(F)cc(F)cc1OCC1CCCC1. The van der Waals surface area contributed by atoms with E-state index in [0.29, 0.717) is 12.5 Å². The van der Waals surface area contributed by atoms with Gasteiger partial charge >= 0.3 is 0 Å². The normalized spacial score (nSPS) is 16.2. The van der Waals surface area contributed by atoms with E-state index in [1.54, 1.807) is 7.05 Å². The third-order valence-corrected chi connectivity index (χ3v) is 3.22. The van der Waals surface area contributed by atoms with Gasteiger partial charge in [-0.15, -0.1) is 0 Å². The van der Waals surface area contributed by atoms with Gasteiger partial charge in [-0.1, -0.05) is 12.8 Å². The fourth-order valence-electron chi connectivity index (χ4n) is 2.29. The summed E-state index contributed by atoms with van der Waals surface area (Å²) in [4.78, 5) is 0. The Morgan fingerprint density at radius 3 is 2.65 bits per heavy atom. The molecule has 2 rings (SSSR count). The fourth-order valence-corrected chi connectivity index (χ4v) is 2.29. The Bertz CT molecular complexity index is 389. The summed E-state index contributed by atoms with van der Waals surface area (Å²) >= 11 is 0. The minimum atomic E-state index is -0.617. The van der Waals surface area contributed by atoms with E-state index in [2.05, 4.69) is 5.32 Å². The maximum atomic E-state index is 13.4. The predicted octanol–water partition coefficient (Wildman–Crippen LogP) is 3.58. The van der Waals surface area contributed by atoms with Crippen LogP contribution in [0.4, 0.5) is 14.5 Å². The van der Waals surface area contributed by atoms with Gasteiger partial charge in [-0.05, 0) is 18.8 Å². The minimum absolute atomic E-state index is 0.226. The molecule has 0 spiro atoms. The number of nitrogens with one attached hydrogen (secondary N) is 1. The van der Waals surface area contributed by atoms with E-state index in [1.165, 1.54) is 18.9 Å². The van der Waals surface area contributed by atoms with Gasteiger partial charge < -0.3 is 10.1 Å². The lowest BCUT2D eigenvalue weighted by molar-refractivity contribution is 0.251. The van der Waals surface area contributed by atoms with E-state index in [9.17, 15) is 8.78 Å². The van der Waals surface area contributed by atoms with Crippen molar-refractivity contribution >= 4 is 5.69 Å². The highest BCUT2D eigenvalue weighted by Gasteiger charge is 2.17. The summed E-state index contributed by atoms with van der Waals surface area (Å²) in [5.74, 6) is -0.445. The van der Waals surface area contributed by atoms with E-state index >= 15 is 0 Å². The Balaban J connectivity index is 2.07. The first kappa shape index (κ1) is 12.1. The molecule has 94 valence electrons. The number of ether oxygens (including phenoxy) is 1. The second-order valence-corrected chi connectivity index (χ2v) is 4.47. The van der Waals surface area contributed by atoms with Crippen LogP contribution in [0.5, 0.6) is 5.75 Å². The fraction of sp³-hybridized carbons (Fsp3) is 0.538. The Labute approximate surface area is 100.0 Å². The van der Waals surface area contributed by atoms with Crippen molar-refractivity contribution in [1.29, 1.82) is 0 Å². The lowest BCUT2D eigenvalue weighted by Crippen LogP contribution is -2.10. The highest BCUT2D eigenvalue weighted by atomic mass is 19.1. The summed E-state index contributed by atoms with van der Waals surface area (Å²) in [6.07, 6.45) is 4.74. The minimum Gasteiger partial charge on any atom is -0.491 e. The average Bonchev–Trinajstić information content (AvgIpc) is 2.78. The molecule has 2 nitrogen and oxygen atoms in total. The Morgan fingerprint density at radius 1 is 1.29 bits per heavy atom. The van der Waals surface area contributed by atoms with Gasteiger partial charge in [0.25, 0.3) is 0 Å². The average molecular weight is 241 g/mol. The maximum absolute atomic E-state index is 13.4. The molecule has 0 radical (unpaired) electrons. The number of hydrogen-bond donors (Lipinski definition) is 1. The summed E-state index contributed by atoms with van der Waals surface area (Å²) in [5.41, 5.74) is 0.226. The summed E-state index contributed by atoms with van der Waals surface area (Å²) in [6, 6.07) is 2.08. The van der Waals surface area contributed by atoms with Crippen molar-refractivity contribution in [2.24, 2.45) is 5.92 Å². The number of rotatable bonds is 4. The molecule has 4 heteroatoms. The van der Waals surface area contributed by atoms with Gasteiger partial charge in [0, 0.05) is 19.2 Å². The Hall–Kier alpha value is -1.32. The zero-order chi connectivity index (χ0) is 12.3. The van der Waals surface area contributed by atoms with Gasteiger partial charge in [0.05, 0.1) is 6.61 Å². The highest BCUT2D eigenvalue weighted by Crippen LogP contribution is 2.31. The van der Waals surface area contributed by atoms with Gasteiger partial charge in [-0.25, -0.2) is 8.78 Å². The molecule has 1 aromatic rings. The smallest absolute Gasteiger partial charge is 0.153 e. The molecule has 1 aliphatic rings. The van der Waals surface area contributed by atoms with E-state index in [-0.39, 0.29) is 11.4 Å². The summed E-state index contributed by atoms with van der Waals surface area (Å²) in [7, 11) is 1.60. The lowest BCUT2D eigenvalue weighted by atomic mass is 10.1. The number of hydrogen-bond acceptors (Lipinski definition) is 2. The molecule has 0 heterocycles. The van der Waals surface area contributed by atoms with Crippen molar-refractivity contribution < 1.29 is 13.5 Å². The monoisotopic (exact) mass is 241 g/mol. The second kappa shape index (κ2) is 5.34. The summed E-state index contributed by atoms with van der Waals surface area (Å²) < 4.78 is 32.1. The first-order chi connectivity index (χ1) is 8.20. The van der Waals surface area contributed by atoms with Gasteiger partial charge in [-0.2, -0.15) is 0 Å².